The van der Waals surface area contributed by atoms with E-state index in [0.29, 0.717) is 6.54 Å². The molecule has 4 atom stereocenters. The molecule has 2 fully saturated rings. The molecule has 3 N–H and O–H groups in total. The average molecular weight is 515 g/mol. The lowest BCUT2D eigenvalue weighted by Crippen LogP contribution is -2.45. The minimum Gasteiger partial charge on any atom is -0.392 e. The molecule has 0 spiro atoms. The number of likely N-dealkylation sites (tertiary alicyclic amines) is 1. The molecule has 5 heteroatoms. The van der Waals surface area contributed by atoms with Gasteiger partial charge in [-0.1, -0.05) is 92.9 Å². The van der Waals surface area contributed by atoms with Gasteiger partial charge in [-0.2, -0.15) is 0 Å². The maximum atomic E-state index is 9.52. The second kappa shape index (κ2) is 13.0. The quantitative estimate of drug-likeness (QED) is 0.384. The van der Waals surface area contributed by atoms with Crippen molar-refractivity contribution in [2.45, 2.75) is 70.7 Å². The van der Waals surface area contributed by atoms with E-state index in [2.05, 4.69) is 72.5 Å². The molecule has 3 aromatic carbocycles. The van der Waals surface area contributed by atoms with Crippen molar-refractivity contribution in [3.63, 3.8) is 0 Å². The van der Waals surface area contributed by atoms with Gasteiger partial charge in [0.1, 0.15) is 0 Å². The first-order valence-corrected chi connectivity index (χ1v) is 14.3. The summed E-state index contributed by atoms with van der Waals surface area (Å²) < 4.78 is 13.4. The third-order valence-electron chi connectivity index (χ3n) is 8.19. The number of benzene rings is 3. The number of aliphatic hydroxyl groups excluding tert-OH is 1. The molecule has 0 saturated carbocycles. The smallest absolute Gasteiger partial charge is 0.184 e. The van der Waals surface area contributed by atoms with Crippen molar-refractivity contribution in [1.29, 1.82) is 0 Å². The molecule has 2 heterocycles. The van der Waals surface area contributed by atoms with Crippen LogP contribution in [0.15, 0.2) is 72.8 Å². The molecule has 2 aliphatic heterocycles. The number of nitrogens with two attached hydrogens (primary N) is 1. The zero-order chi connectivity index (χ0) is 26.3. The van der Waals surface area contributed by atoms with Gasteiger partial charge in [-0.3, -0.25) is 0 Å². The Kier molecular flexibility index (Phi) is 9.26. The van der Waals surface area contributed by atoms with E-state index >= 15 is 0 Å². The molecule has 5 rings (SSSR count). The van der Waals surface area contributed by atoms with Gasteiger partial charge in [0.25, 0.3) is 0 Å². The number of nitrogens with zero attached hydrogens (tertiary/aromatic N) is 1. The number of hydrogen-bond donors (Lipinski definition) is 2. The Bertz CT molecular complexity index is 1140. The van der Waals surface area contributed by atoms with E-state index in [1.165, 1.54) is 32.1 Å². The number of rotatable bonds is 7. The van der Waals surface area contributed by atoms with E-state index in [9.17, 15) is 5.11 Å². The van der Waals surface area contributed by atoms with E-state index in [1.807, 2.05) is 12.1 Å². The van der Waals surface area contributed by atoms with Gasteiger partial charge in [-0.25, -0.2) is 0 Å². The van der Waals surface area contributed by atoms with Crippen molar-refractivity contribution in [3.05, 3.63) is 95.1 Å². The van der Waals surface area contributed by atoms with Crippen LogP contribution in [0.4, 0.5) is 0 Å². The van der Waals surface area contributed by atoms with Crippen LogP contribution >= 0.6 is 0 Å². The van der Waals surface area contributed by atoms with Crippen molar-refractivity contribution in [2.24, 2.45) is 11.7 Å². The summed E-state index contributed by atoms with van der Waals surface area (Å²) in [5.74, 6) is 0.204. The lowest BCUT2D eigenvalue weighted by molar-refractivity contribution is -0.276. The van der Waals surface area contributed by atoms with Crippen LogP contribution in [0.5, 0.6) is 0 Å². The Balaban J connectivity index is 1.39. The predicted octanol–water partition coefficient (Wildman–Crippen LogP) is 6.36. The molecular weight excluding hydrogens is 472 g/mol. The standard InChI is InChI=1S/C33H42N2O3/c1-24-31(22-35-18-5-3-2-4-6-19-35)37-33(38-32(24)28-12-10-25(23-36)11-13-28)29-16-14-27(15-17-29)30-9-7-8-26(20-30)21-34/h7-17,20,24,31-33,36H,2-6,18-19,21-23,34H2,1H3/t24-,31+,32+,33+/m1/s1. The maximum Gasteiger partial charge on any atom is 0.184 e. The Labute approximate surface area is 227 Å². The summed E-state index contributed by atoms with van der Waals surface area (Å²) in [6, 6.07) is 25.1. The lowest BCUT2D eigenvalue weighted by Gasteiger charge is -2.43. The Hall–Kier alpha value is -2.54. The van der Waals surface area contributed by atoms with Gasteiger partial charge in [0.2, 0.25) is 0 Å². The predicted molar refractivity (Wildman–Crippen MR) is 152 cm³/mol. The number of aliphatic hydroxyl groups is 1. The minimum atomic E-state index is -0.432. The van der Waals surface area contributed by atoms with Gasteiger partial charge in [-0.15, -0.1) is 0 Å². The van der Waals surface area contributed by atoms with Crippen LogP contribution < -0.4 is 5.73 Å². The second-order valence-corrected chi connectivity index (χ2v) is 10.9. The van der Waals surface area contributed by atoms with Crippen molar-refractivity contribution < 1.29 is 14.6 Å². The summed E-state index contributed by atoms with van der Waals surface area (Å²) in [5, 5.41) is 9.52. The molecular formula is C33H42N2O3. The normalized spacial score (nSPS) is 25.0. The molecule has 0 radical (unpaired) electrons. The van der Waals surface area contributed by atoms with Crippen LogP contribution in [-0.2, 0) is 22.6 Å². The van der Waals surface area contributed by atoms with E-state index in [-0.39, 0.29) is 24.7 Å². The Morgan fingerprint density at radius 3 is 2.16 bits per heavy atom. The van der Waals surface area contributed by atoms with Crippen LogP contribution in [0, 0.1) is 5.92 Å². The second-order valence-electron chi connectivity index (χ2n) is 10.9. The highest BCUT2D eigenvalue weighted by Gasteiger charge is 2.39. The van der Waals surface area contributed by atoms with E-state index in [0.717, 1.165) is 53.0 Å². The summed E-state index contributed by atoms with van der Waals surface area (Å²) in [4.78, 5) is 2.60. The maximum absolute atomic E-state index is 9.52. The van der Waals surface area contributed by atoms with Crippen LogP contribution in [0.2, 0.25) is 0 Å². The fourth-order valence-corrected chi connectivity index (χ4v) is 5.79. The largest absolute Gasteiger partial charge is 0.392 e. The molecule has 5 nitrogen and oxygen atoms in total. The summed E-state index contributed by atoms with van der Waals surface area (Å²) in [7, 11) is 0. The lowest BCUT2D eigenvalue weighted by atomic mass is 9.89. The number of hydrogen-bond acceptors (Lipinski definition) is 5. The third-order valence-corrected chi connectivity index (χ3v) is 8.19. The molecule has 202 valence electrons. The molecule has 0 aliphatic carbocycles. The van der Waals surface area contributed by atoms with Crippen LogP contribution in [-0.4, -0.2) is 35.7 Å². The number of ether oxygens (including phenoxy) is 2. The third kappa shape index (κ3) is 6.53. The van der Waals surface area contributed by atoms with E-state index in [4.69, 9.17) is 15.2 Å². The minimum absolute atomic E-state index is 0.0468. The molecule has 3 aromatic rings. The SMILES string of the molecule is C[C@@H]1[C@H](CN2CCCCCCC2)O[C@H](c2ccc(-c3cccc(CN)c3)cc2)O[C@@H]1c1ccc(CO)cc1. The summed E-state index contributed by atoms with van der Waals surface area (Å²) in [5.41, 5.74) is 12.4. The van der Waals surface area contributed by atoms with Crippen LogP contribution in [0.1, 0.15) is 73.7 Å². The summed E-state index contributed by atoms with van der Waals surface area (Å²) >= 11 is 0. The van der Waals surface area contributed by atoms with E-state index in [1.54, 1.807) is 0 Å². The molecule has 0 amide bonds. The first-order valence-electron chi connectivity index (χ1n) is 14.3. The zero-order valence-corrected chi connectivity index (χ0v) is 22.6. The molecule has 38 heavy (non-hydrogen) atoms. The molecule has 0 aromatic heterocycles. The summed E-state index contributed by atoms with van der Waals surface area (Å²) in [6.45, 7) is 6.05. The molecule has 0 unspecified atom stereocenters. The molecule has 0 bridgehead atoms. The first-order chi connectivity index (χ1) is 18.6. The zero-order valence-electron chi connectivity index (χ0n) is 22.6. The summed E-state index contributed by atoms with van der Waals surface area (Å²) in [6.07, 6.45) is 6.09. The van der Waals surface area contributed by atoms with Gasteiger partial charge in [-0.05, 0) is 59.8 Å². The van der Waals surface area contributed by atoms with Gasteiger partial charge in [0, 0.05) is 24.6 Å². The average Bonchev–Trinajstić information content (AvgIpc) is 2.95. The van der Waals surface area contributed by atoms with Gasteiger partial charge in [0.05, 0.1) is 18.8 Å². The van der Waals surface area contributed by atoms with Gasteiger partial charge >= 0.3 is 0 Å². The van der Waals surface area contributed by atoms with Crippen molar-refractivity contribution in [2.75, 3.05) is 19.6 Å². The Morgan fingerprint density at radius 1 is 0.789 bits per heavy atom. The highest BCUT2D eigenvalue weighted by atomic mass is 16.7. The van der Waals surface area contributed by atoms with Crippen molar-refractivity contribution >= 4 is 0 Å². The highest BCUT2D eigenvalue weighted by Crippen LogP contribution is 2.42. The van der Waals surface area contributed by atoms with Crippen molar-refractivity contribution in [3.8, 4) is 11.1 Å². The van der Waals surface area contributed by atoms with Crippen molar-refractivity contribution in [1.82, 2.24) is 4.90 Å². The van der Waals surface area contributed by atoms with Crippen LogP contribution in [0.3, 0.4) is 0 Å². The molecule has 2 saturated heterocycles. The molecule has 2 aliphatic rings. The van der Waals surface area contributed by atoms with Crippen LogP contribution in [0.25, 0.3) is 11.1 Å². The first kappa shape index (κ1) is 27.0. The van der Waals surface area contributed by atoms with E-state index < -0.39 is 6.29 Å². The monoisotopic (exact) mass is 514 g/mol. The highest BCUT2D eigenvalue weighted by molar-refractivity contribution is 5.64. The Morgan fingerprint density at radius 2 is 1.47 bits per heavy atom. The topological polar surface area (TPSA) is 68.0 Å². The fourth-order valence-electron chi connectivity index (χ4n) is 5.79. The van der Waals surface area contributed by atoms with Gasteiger partial charge in [0.15, 0.2) is 6.29 Å². The van der Waals surface area contributed by atoms with Gasteiger partial charge < -0.3 is 25.2 Å². The fraction of sp³-hybridized carbons (Fsp3) is 0.455.